The molecule has 6 aromatic rings. The van der Waals surface area contributed by atoms with E-state index in [4.69, 9.17) is 53.1 Å². The summed E-state index contributed by atoms with van der Waals surface area (Å²) in [7, 11) is -3.19. The molecule has 13 nitrogen and oxygen atoms in total. The van der Waals surface area contributed by atoms with E-state index in [1.165, 1.54) is 7.11 Å². The Balaban J connectivity index is 1.02. The topological polar surface area (TPSA) is 183 Å². The minimum Gasteiger partial charge on any atom is -0.489 e. The first-order valence-electron chi connectivity index (χ1n) is 19.6. The van der Waals surface area contributed by atoms with Gasteiger partial charge in [-0.3, -0.25) is 4.79 Å². The van der Waals surface area contributed by atoms with E-state index < -0.39 is 40.1 Å². The summed E-state index contributed by atoms with van der Waals surface area (Å²) in [6.07, 6.45) is -0.460. The Morgan fingerprint density at radius 1 is 0.952 bits per heavy atom. The molecule has 0 fully saturated rings. The average Bonchev–Trinajstić information content (AvgIpc) is 3.65. The molecule has 1 amide bonds. The second kappa shape index (κ2) is 18.3. The maximum atomic E-state index is 14.5. The van der Waals surface area contributed by atoms with Crippen molar-refractivity contribution in [3.05, 3.63) is 151 Å². The van der Waals surface area contributed by atoms with Gasteiger partial charge in [0.1, 0.15) is 31.0 Å². The molecule has 17 heteroatoms. The van der Waals surface area contributed by atoms with Gasteiger partial charge in [0.25, 0.3) is 10.0 Å². The number of nitrogens with one attached hydrogen (secondary N) is 1. The number of hydrogen-bond donors (Lipinski definition) is 2. The lowest BCUT2D eigenvalue weighted by Crippen LogP contribution is -2.56. The van der Waals surface area contributed by atoms with Crippen LogP contribution in [0.5, 0.6) is 17.2 Å². The Morgan fingerprint density at radius 2 is 1.63 bits per heavy atom. The Labute approximate surface area is 377 Å². The van der Waals surface area contributed by atoms with Crippen molar-refractivity contribution in [1.29, 1.82) is 5.26 Å². The third kappa shape index (κ3) is 9.46. The van der Waals surface area contributed by atoms with Crippen LogP contribution in [0, 0.1) is 18.3 Å². The molecule has 0 radical (unpaired) electrons. The van der Waals surface area contributed by atoms with Gasteiger partial charge in [-0.25, -0.2) is 18.2 Å². The molecule has 8 rings (SSSR count). The van der Waals surface area contributed by atoms with Crippen molar-refractivity contribution in [3.8, 4) is 34.4 Å². The molecular formula is C46H39Cl2N5O8S2. The van der Waals surface area contributed by atoms with Crippen LogP contribution in [-0.4, -0.2) is 55.4 Å². The number of benzene rings is 5. The number of carbonyl (C=O) groups excluding carboxylic acids is 2. The van der Waals surface area contributed by atoms with Crippen molar-refractivity contribution in [3.63, 3.8) is 0 Å². The van der Waals surface area contributed by atoms with E-state index in [1.54, 1.807) is 43.3 Å². The van der Waals surface area contributed by atoms with Crippen LogP contribution in [0.2, 0.25) is 10.0 Å². The molecule has 3 N–H and O–H groups in total. The lowest BCUT2D eigenvalue weighted by Gasteiger charge is -2.36. The number of amides is 1. The van der Waals surface area contributed by atoms with E-state index in [0.29, 0.717) is 55.5 Å². The van der Waals surface area contributed by atoms with Gasteiger partial charge in [-0.2, -0.15) is 9.57 Å². The quantitative estimate of drug-likeness (QED) is 0.114. The van der Waals surface area contributed by atoms with Gasteiger partial charge in [0.2, 0.25) is 5.91 Å². The lowest BCUT2D eigenvalue weighted by atomic mass is 9.93. The summed E-state index contributed by atoms with van der Waals surface area (Å²) in [6.45, 7) is 1.88. The van der Waals surface area contributed by atoms with Gasteiger partial charge in [-0.15, -0.1) is 11.3 Å². The van der Waals surface area contributed by atoms with Crippen LogP contribution in [0.25, 0.3) is 11.1 Å². The summed E-state index contributed by atoms with van der Waals surface area (Å²) in [6, 6.07) is 30.5. The number of aryl methyl sites for hydroxylation is 1. The molecule has 5 aromatic carbocycles. The molecule has 0 bridgehead atoms. The summed E-state index contributed by atoms with van der Waals surface area (Å²) < 4.78 is 53.7. The molecule has 0 spiro atoms. The predicted molar refractivity (Wildman–Crippen MR) is 238 cm³/mol. The number of anilines is 1. The molecule has 2 aliphatic rings. The number of halogens is 2. The normalized spacial score (nSPS) is 16.3. The molecule has 322 valence electrons. The number of hydrogen-bond acceptors (Lipinski definition) is 12. The standard InChI is InChI=1S/C46H39Cl2N5O8S2/c1-26-44(52-46(50)62-26)63(56,57)53-23-34-21-41-40(60-25-42(61-41)32-12-14-35(15-13-32)59-24-29-7-16-36(47)37(48)17-29)20-33(34)19-39(53)43(54)51-38(45(55)58-2)18-27-3-8-30(9-4-27)31-10-5-28(22-49)6-11-31/h3-17,20-21,38-39,42H,18-19,23-25H2,1-2H3,(H2,50,52)(H,51,54). The highest BCUT2D eigenvalue weighted by molar-refractivity contribution is 7.89. The fraction of sp³-hybridized carbons (Fsp3) is 0.217. The Hall–Kier alpha value is -6.15. The number of nitrogens with two attached hydrogens (primary N) is 1. The summed E-state index contributed by atoms with van der Waals surface area (Å²) in [5.41, 5.74) is 12.0. The van der Waals surface area contributed by atoms with Crippen LogP contribution in [0.15, 0.2) is 108 Å². The molecule has 0 aliphatic carbocycles. The Bertz CT molecular complexity index is 2850. The zero-order chi connectivity index (χ0) is 44.4. The van der Waals surface area contributed by atoms with Crippen molar-refractivity contribution in [1.82, 2.24) is 14.6 Å². The van der Waals surface area contributed by atoms with Crippen molar-refractivity contribution in [2.45, 2.75) is 56.1 Å². The second-order valence-corrected chi connectivity index (χ2v) is 18.8. The molecular weight excluding hydrogens is 886 g/mol. The van der Waals surface area contributed by atoms with E-state index in [9.17, 15) is 18.0 Å². The number of nitrogen functional groups attached to an aromatic ring is 1. The number of nitriles is 1. The summed E-state index contributed by atoms with van der Waals surface area (Å²) in [5.74, 6) is 0.0971. The fourth-order valence-electron chi connectivity index (χ4n) is 7.50. The molecule has 0 saturated heterocycles. The number of thiazole rings is 1. The lowest BCUT2D eigenvalue weighted by molar-refractivity contribution is -0.145. The highest BCUT2D eigenvalue weighted by Crippen LogP contribution is 2.42. The molecule has 63 heavy (non-hydrogen) atoms. The van der Waals surface area contributed by atoms with Gasteiger partial charge >= 0.3 is 5.97 Å². The van der Waals surface area contributed by atoms with Crippen LogP contribution in [0.4, 0.5) is 5.13 Å². The number of aromatic nitrogens is 1. The van der Waals surface area contributed by atoms with E-state index in [0.717, 1.165) is 43.5 Å². The second-order valence-electron chi connectivity index (χ2n) is 14.9. The van der Waals surface area contributed by atoms with E-state index >= 15 is 0 Å². The fourth-order valence-corrected chi connectivity index (χ4v) is 10.5. The Kier molecular flexibility index (Phi) is 12.6. The number of rotatable bonds is 12. The zero-order valence-electron chi connectivity index (χ0n) is 33.8. The summed E-state index contributed by atoms with van der Waals surface area (Å²) in [5, 5.41) is 12.7. The van der Waals surface area contributed by atoms with Gasteiger partial charge in [-0.1, -0.05) is 77.8 Å². The number of carbonyl (C=O) groups is 2. The van der Waals surface area contributed by atoms with Crippen LogP contribution < -0.4 is 25.3 Å². The zero-order valence-corrected chi connectivity index (χ0v) is 37.0. The molecule has 3 heterocycles. The minimum atomic E-state index is -4.41. The number of fused-ring (bicyclic) bond motifs is 2. The monoisotopic (exact) mass is 923 g/mol. The molecule has 1 aromatic heterocycles. The van der Waals surface area contributed by atoms with Crippen LogP contribution >= 0.6 is 34.5 Å². The third-order valence-electron chi connectivity index (χ3n) is 10.8. The number of esters is 1. The first kappa shape index (κ1) is 43.5. The summed E-state index contributed by atoms with van der Waals surface area (Å²) >= 11 is 13.2. The van der Waals surface area contributed by atoms with Gasteiger partial charge in [0.15, 0.2) is 27.8 Å². The van der Waals surface area contributed by atoms with E-state index in [2.05, 4.69) is 16.4 Å². The number of nitrogens with zero attached hydrogens (tertiary/aromatic N) is 3. The maximum absolute atomic E-state index is 14.5. The smallest absolute Gasteiger partial charge is 0.328 e. The minimum absolute atomic E-state index is 0.0456. The van der Waals surface area contributed by atoms with Crippen molar-refractivity contribution < 1.29 is 37.0 Å². The third-order valence-corrected chi connectivity index (χ3v) is 14.4. The van der Waals surface area contributed by atoms with Crippen LogP contribution in [0.3, 0.4) is 0 Å². The van der Waals surface area contributed by atoms with Gasteiger partial charge in [-0.05, 0) is 101 Å². The van der Waals surface area contributed by atoms with Crippen molar-refractivity contribution in [2.24, 2.45) is 0 Å². The number of methoxy groups -OCH3 is 1. The van der Waals surface area contributed by atoms with E-state index in [-0.39, 0.29) is 36.2 Å². The van der Waals surface area contributed by atoms with Gasteiger partial charge in [0.05, 0.1) is 28.8 Å². The van der Waals surface area contributed by atoms with Crippen molar-refractivity contribution >= 4 is 61.6 Å². The SMILES string of the molecule is COC(=O)C(Cc1ccc(-c2ccc(C#N)cc2)cc1)NC(=O)C1Cc2cc3c(cc2CN1S(=O)(=O)c1nc(N)sc1C)OC(c1ccc(OCc2ccc(Cl)c(Cl)c2)cc1)CO3. The Morgan fingerprint density at radius 3 is 2.29 bits per heavy atom. The largest absolute Gasteiger partial charge is 0.489 e. The van der Waals surface area contributed by atoms with Gasteiger partial charge in [0, 0.05) is 17.8 Å². The molecule has 0 saturated carbocycles. The average molecular weight is 925 g/mol. The highest BCUT2D eigenvalue weighted by atomic mass is 35.5. The van der Waals surface area contributed by atoms with Crippen LogP contribution in [-0.2, 0) is 50.3 Å². The van der Waals surface area contributed by atoms with Crippen LogP contribution in [0.1, 0.15) is 44.4 Å². The summed E-state index contributed by atoms with van der Waals surface area (Å²) in [4.78, 5) is 32.1. The predicted octanol–water partition coefficient (Wildman–Crippen LogP) is 7.99. The molecule has 3 atom stereocenters. The highest BCUT2D eigenvalue weighted by Gasteiger charge is 2.43. The first-order valence-corrected chi connectivity index (χ1v) is 22.6. The molecule has 2 aliphatic heterocycles. The van der Waals surface area contributed by atoms with Crippen molar-refractivity contribution in [2.75, 3.05) is 19.5 Å². The first-order chi connectivity index (χ1) is 30.3. The maximum Gasteiger partial charge on any atom is 0.328 e. The molecule has 3 unspecified atom stereocenters. The van der Waals surface area contributed by atoms with Gasteiger partial charge < -0.3 is 30.0 Å². The number of sulfonamides is 1. The number of ether oxygens (including phenoxy) is 4. The van der Waals surface area contributed by atoms with E-state index in [1.807, 2.05) is 66.7 Å².